The van der Waals surface area contributed by atoms with Gasteiger partial charge in [0.25, 0.3) is 7.82 Å². The molecule has 6 N–H and O–H groups in total. The van der Waals surface area contributed by atoms with Crippen LogP contribution in [0.25, 0.3) is 0 Å². The smallest absolute Gasteiger partial charge is 0.270 e. The van der Waals surface area contributed by atoms with Crippen molar-refractivity contribution in [3.05, 3.63) is 12.7 Å². The highest BCUT2D eigenvalue weighted by Gasteiger charge is 2.51. The summed E-state index contributed by atoms with van der Waals surface area (Å²) in [5.74, 6) is 0. The Morgan fingerprint density at radius 1 is 0.865 bits per heavy atom. The maximum absolute atomic E-state index is 13.1. The van der Waals surface area contributed by atoms with E-state index in [-0.39, 0.29) is 6.61 Å². The van der Waals surface area contributed by atoms with Crippen molar-refractivity contribution >= 4 is 7.82 Å². The molecular weight excluding hydrogens is 522 g/mol. The lowest BCUT2D eigenvalue weighted by atomic mass is 9.97. The number of alkyl halides is 1. The minimum absolute atomic E-state index is 0.158. The van der Waals surface area contributed by atoms with Gasteiger partial charge in [-0.2, -0.15) is 0 Å². The first-order valence-corrected chi connectivity index (χ1v) is 13.8. The van der Waals surface area contributed by atoms with E-state index in [4.69, 9.17) is 23.3 Å². The molecule has 0 bridgehead atoms. The highest BCUT2D eigenvalue weighted by Crippen LogP contribution is 2.43. The average molecular weight is 562 g/mol. The van der Waals surface area contributed by atoms with Crippen LogP contribution < -0.4 is 4.89 Å². The van der Waals surface area contributed by atoms with Gasteiger partial charge in [0, 0.05) is 0 Å². The maximum Gasteiger partial charge on any atom is 0.270 e. The summed E-state index contributed by atoms with van der Waals surface area (Å²) in [6.07, 6.45) is -9.81. The zero-order chi connectivity index (χ0) is 27.6. The van der Waals surface area contributed by atoms with Gasteiger partial charge in [-0.1, -0.05) is 31.8 Å². The molecule has 2 aliphatic rings. The third kappa shape index (κ3) is 9.53. The van der Waals surface area contributed by atoms with Crippen LogP contribution in [0.5, 0.6) is 0 Å². The number of halogens is 1. The first-order valence-electron chi connectivity index (χ1n) is 12.3. The number of ether oxygens (including phenoxy) is 3. The zero-order valence-corrected chi connectivity index (χ0v) is 21.4. The Morgan fingerprint density at radius 2 is 1.46 bits per heavy atom. The van der Waals surface area contributed by atoms with Crippen molar-refractivity contribution in [3.8, 4) is 0 Å². The fourth-order valence-electron chi connectivity index (χ4n) is 4.05. The van der Waals surface area contributed by atoms with Crippen LogP contribution in [0, 0.1) is 0 Å². The molecule has 11 atom stereocenters. The largest absolute Gasteiger partial charge is 0.756 e. The molecule has 0 radical (unpaired) electrons. The standard InChI is InChI=1S/C22H40FO13P/c1-2-3-4-5-6-7-8-9-10-32-37(30,31)36-22-19(29)17(27)20(14(12-24)34-22)35-21-18(28)16(26)15(25)13(11-23)33-21/h2,13-22,24-29H,1,3-12H2,(H,30,31)/p-1/t13-,14-,15+,16+,17-,18-,19+,20-,21+,22-/m1/s1. The van der Waals surface area contributed by atoms with Gasteiger partial charge < -0.3 is 54.3 Å². The van der Waals surface area contributed by atoms with Crippen molar-refractivity contribution < 1.29 is 67.7 Å². The number of phosphoric ester groups is 1. The van der Waals surface area contributed by atoms with Gasteiger partial charge in [0.05, 0.1) is 13.2 Å². The lowest BCUT2D eigenvalue weighted by Crippen LogP contribution is -2.64. The Kier molecular flexibility index (Phi) is 14.0. The second kappa shape index (κ2) is 15.9. The molecule has 0 saturated carbocycles. The number of allylic oxidation sites excluding steroid dienone is 1. The third-order valence-electron chi connectivity index (χ3n) is 6.22. The first-order chi connectivity index (χ1) is 17.6. The molecule has 2 fully saturated rings. The van der Waals surface area contributed by atoms with Crippen LogP contribution in [0.2, 0.25) is 0 Å². The van der Waals surface area contributed by atoms with Gasteiger partial charge in [-0.15, -0.1) is 6.58 Å². The molecule has 218 valence electrons. The number of phosphoric acid groups is 1. The van der Waals surface area contributed by atoms with Gasteiger partial charge >= 0.3 is 0 Å². The highest BCUT2D eigenvalue weighted by atomic mass is 31.2. The van der Waals surface area contributed by atoms with E-state index >= 15 is 0 Å². The van der Waals surface area contributed by atoms with E-state index in [2.05, 4.69) is 6.58 Å². The summed E-state index contributed by atoms with van der Waals surface area (Å²) in [7, 11) is -4.97. The molecule has 13 nitrogen and oxygen atoms in total. The van der Waals surface area contributed by atoms with Crippen LogP contribution in [0.1, 0.15) is 44.9 Å². The lowest BCUT2D eigenvalue weighted by molar-refractivity contribution is -0.356. The summed E-state index contributed by atoms with van der Waals surface area (Å²) in [5.41, 5.74) is 0. The van der Waals surface area contributed by atoms with E-state index in [1.54, 1.807) is 0 Å². The number of aliphatic hydroxyl groups is 6. The molecule has 0 aromatic heterocycles. The molecular formula is C22H39FO13P-. The molecule has 0 aromatic rings. The van der Waals surface area contributed by atoms with E-state index in [0.29, 0.717) is 6.42 Å². The minimum Gasteiger partial charge on any atom is -0.756 e. The summed E-state index contributed by atoms with van der Waals surface area (Å²) >= 11 is 0. The number of unbranched alkanes of at least 4 members (excludes halogenated alkanes) is 6. The van der Waals surface area contributed by atoms with Gasteiger partial charge in [0.2, 0.25) is 0 Å². The summed E-state index contributed by atoms with van der Waals surface area (Å²) in [6.45, 7) is 1.41. The van der Waals surface area contributed by atoms with Gasteiger partial charge in [-0.25, -0.2) is 4.39 Å². The zero-order valence-electron chi connectivity index (χ0n) is 20.5. The van der Waals surface area contributed by atoms with Crippen molar-refractivity contribution in [1.82, 2.24) is 0 Å². The van der Waals surface area contributed by atoms with Crippen LogP contribution >= 0.6 is 7.82 Å². The van der Waals surface area contributed by atoms with E-state index in [9.17, 15) is 44.5 Å². The summed E-state index contributed by atoms with van der Waals surface area (Å²) in [4.78, 5) is 12.2. The van der Waals surface area contributed by atoms with Crippen molar-refractivity contribution in [3.63, 3.8) is 0 Å². The Morgan fingerprint density at radius 3 is 2.08 bits per heavy atom. The fraction of sp³-hybridized carbons (Fsp3) is 0.909. The van der Waals surface area contributed by atoms with Gasteiger partial charge in [0.15, 0.2) is 12.6 Å². The van der Waals surface area contributed by atoms with Crippen molar-refractivity contribution in [1.29, 1.82) is 0 Å². The number of hydrogen-bond acceptors (Lipinski definition) is 13. The topological polar surface area (TPSA) is 208 Å². The molecule has 0 aromatic carbocycles. The lowest BCUT2D eigenvalue weighted by Gasteiger charge is -2.46. The van der Waals surface area contributed by atoms with E-state index in [0.717, 1.165) is 38.5 Å². The summed E-state index contributed by atoms with van der Waals surface area (Å²) in [5, 5.41) is 60.3. The van der Waals surface area contributed by atoms with Crippen molar-refractivity contribution in [2.45, 2.75) is 106 Å². The molecule has 0 amide bonds. The molecule has 2 saturated heterocycles. The minimum atomic E-state index is -4.97. The average Bonchev–Trinajstić information content (AvgIpc) is 2.87. The Hall–Kier alpha value is -0.580. The Labute approximate surface area is 215 Å². The normalized spacial score (nSPS) is 38.3. The maximum atomic E-state index is 13.1. The molecule has 1 unspecified atom stereocenters. The van der Waals surface area contributed by atoms with Crippen molar-refractivity contribution in [2.24, 2.45) is 0 Å². The van der Waals surface area contributed by atoms with Crippen LogP contribution in [0.3, 0.4) is 0 Å². The fourth-order valence-corrected chi connectivity index (χ4v) is 4.89. The SMILES string of the molecule is C=CCCCCCCCCOP(=O)([O-])O[C@H]1O[C@H](CO)[C@@H](O[C@@H]2O[C@H](CF)[C@H](O)[C@H](O)[C@H]2O)[C@H](O)[C@@H]1O. The molecule has 0 spiro atoms. The van der Waals surface area contributed by atoms with Gasteiger partial charge in [-0.05, 0) is 19.3 Å². The highest BCUT2D eigenvalue weighted by molar-refractivity contribution is 7.45. The second-order valence-corrected chi connectivity index (χ2v) is 10.4. The predicted molar refractivity (Wildman–Crippen MR) is 122 cm³/mol. The van der Waals surface area contributed by atoms with Crippen LogP contribution in [0.15, 0.2) is 12.7 Å². The van der Waals surface area contributed by atoms with E-state index in [1.165, 1.54) is 0 Å². The van der Waals surface area contributed by atoms with Crippen LogP contribution in [-0.2, 0) is 27.8 Å². The van der Waals surface area contributed by atoms with E-state index < -0.39 is 82.5 Å². The molecule has 2 heterocycles. The van der Waals surface area contributed by atoms with E-state index in [1.807, 2.05) is 6.08 Å². The third-order valence-corrected chi connectivity index (χ3v) is 7.18. The Bertz CT molecular complexity index is 714. The van der Waals surface area contributed by atoms with Gasteiger partial charge in [0.1, 0.15) is 55.5 Å². The van der Waals surface area contributed by atoms with Crippen LogP contribution in [0.4, 0.5) is 4.39 Å². The first kappa shape index (κ1) is 32.6. The molecule has 37 heavy (non-hydrogen) atoms. The van der Waals surface area contributed by atoms with Crippen molar-refractivity contribution in [2.75, 3.05) is 19.9 Å². The monoisotopic (exact) mass is 561 g/mol. The summed E-state index contributed by atoms with van der Waals surface area (Å²) in [6, 6.07) is 0. The quantitative estimate of drug-likeness (QED) is 0.0761. The predicted octanol–water partition coefficient (Wildman–Crippen LogP) is -0.994. The molecule has 0 aliphatic carbocycles. The number of aliphatic hydroxyl groups excluding tert-OH is 6. The second-order valence-electron chi connectivity index (χ2n) is 9.06. The molecule has 2 aliphatic heterocycles. The van der Waals surface area contributed by atoms with Crippen LogP contribution in [-0.4, -0.2) is 112 Å². The Balaban J connectivity index is 1.87. The summed E-state index contributed by atoms with van der Waals surface area (Å²) < 4.78 is 50.5. The molecule has 15 heteroatoms. The van der Waals surface area contributed by atoms with Gasteiger partial charge in [-0.3, -0.25) is 9.09 Å². The number of hydrogen-bond donors (Lipinski definition) is 6. The number of rotatable bonds is 16. The molecule has 2 rings (SSSR count).